The summed E-state index contributed by atoms with van der Waals surface area (Å²) in [6.07, 6.45) is 2.24. The fraction of sp³-hybridized carbons (Fsp3) is 0.400. The first-order chi connectivity index (χ1) is 6.68. The molecule has 1 aliphatic rings. The molecule has 0 aromatic heterocycles. The molecule has 0 spiro atoms. The number of hydrogen-bond donors (Lipinski definition) is 0. The zero-order valence-corrected chi connectivity index (χ0v) is 9.15. The van der Waals surface area contributed by atoms with E-state index < -0.39 is 11.6 Å². The van der Waals surface area contributed by atoms with E-state index >= 15 is 0 Å². The number of halogens is 3. The van der Waals surface area contributed by atoms with Gasteiger partial charge in [0.1, 0.15) is 0 Å². The Balaban J connectivity index is 2.34. The van der Waals surface area contributed by atoms with E-state index in [0.29, 0.717) is 0 Å². The van der Waals surface area contributed by atoms with Crippen molar-refractivity contribution in [3.8, 4) is 0 Å². The molecule has 0 radical (unpaired) electrons. The number of rotatable bonds is 1. The predicted molar refractivity (Wildman–Crippen MR) is 55.5 cm³/mol. The van der Waals surface area contributed by atoms with Crippen LogP contribution in [0.3, 0.4) is 0 Å². The highest BCUT2D eigenvalue weighted by Crippen LogP contribution is 2.27. The molecule has 4 heteroatoms. The van der Waals surface area contributed by atoms with Crippen molar-refractivity contribution in [3.63, 3.8) is 0 Å². The highest BCUT2D eigenvalue weighted by molar-refractivity contribution is 9.10. The van der Waals surface area contributed by atoms with Gasteiger partial charge in [-0.3, -0.25) is 0 Å². The quantitative estimate of drug-likeness (QED) is 0.702. The van der Waals surface area contributed by atoms with Crippen LogP contribution >= 0.6 is 15.9 Å². The monoisotopic (exact) mass is 261 g/mol. The van der Waals surface area contributed by atoms with Gasteiger partial charge in [-0.25, -0.2) is 8.78 Å². The molecule has 1 aromatic rings. The molecular formula is C10H10BrF2N. The molecule has 1 nitrogen and oxygen atoms in total. The topological polar surface area (TPSA) is 3.24 Å². The second-order valence-corrected chi connectivity index (χ2v) is 4.27. The average Bonchev–Trinajstić information content (AvgIpc) is 2.66. The van der Waals surface area contributed by atoms with E-state index in [-0.39, 0.29) is 4.47 Å². The minimum absolute atomic E-state index is 0.194. The van der Waals surface area contributed by atoms with Crippen molar-refractivity contribution < 1.29 is 8.78 Å². The Hall–Kier alpha value is -0.640. The van der Waals surface area contributed by atoms with Crippen LogP contribution in [-0.2, 0) is 0 Å². The number of hydrogen-bond acceptors (Lipinski definition) is 1. The zero-order chi connectivity index (χ0) is 10.1. The molecule has 14 heavy (non-hydrogen) atoms. The summed E-state index contributed by atoms with van der Waals surface area (Å²) in [6.45, 7) is 1.86. The molecule has 2 rings (SSSR count). The third-order valence-electron chi connectivity index (χ3n) is 2.44. The van der Waals surface area contributed by atoms with E-state index in [4.69, 9.17) is 0 Å². The fourth-order valence-corrected chi connectivity index (χ4v) is 2.12. The van der Waals surface area contributed by atoms with Crippen molar-refractivity contribution in [2.45, 2.75) is 12.8 Å². The summed E-state index contributed by atoms with van der Waals surface area (Å²) in [7, 11) is 0. The van der Waals surface area contributed by atoms with Crippen LogP contribution in [0.5, 0.6) is 0 Å². The highest BCUT2D eigenvalue weighted by atomic mass is 79.9. The van der Waals surface area contributed by atoms with E-state index in [1.807, 2.05) is 0 Å². The van der Waals surface area contributed by atoms with Crippen LogP contribution in [0, 0.1) is 11.6 Å². The van der Waals surface area contributed by atoms with Crippen LogP contribution in [0.25, 0.3) is 0 Å². The lowest BCUT2D eigenvalue weighted by Gasteiger charge is -2.18. The van der Waals surface area contributed by atoms with Gasteiger partial charge >= 0.3 is 0 Å². The van der Waals surface area contributed by atoms with Crippen LogP contribution in [-0.4, -0.2) is 13.1 Å². The lowest BCUT2D eigenvalue weighted by atomic mass is 10.3. The maximum atomic E-state index is 13.1. The molecule has 1 saturated heterocycles. The number of benzene rings is 1. The van der Waals surface area contributed by atoms with Gasteiger partial charge in [0.05, 0.1) is 4.47 Å². The number of anilines is 1. The molecule has 0 saturated carbocycles. The van der Waals surface area contributed by atoms with Gasteiger partial charge in [0.15, 0.2) is 11.6 Å². The summed E-state index contributed by atoms with van der Waals surface area (Å²) in [6, 6.07) is 2.88. The summed E-state index contributed by atoms with van der Waals surface area (Å²) in [5, 5.41) is 0. The summed E-state index contributed by atoms with van der Waals surface area (Å²) < 4.78 is 26.2. The summed E-state index contributed by atoms with van der Waals surface area (Å²) in [5.74, 6) is -1.60. The maximum Gasteiger partial charge on any atom is 0.173 e. The van der Waals surface area contributed by atoms with Crippen LogP contribution in [0.2, 0.25) is 0 Å². The highest BCUT2D eigenvalue weighted by Gasteiger charge is 2.16. The van der Waals surface area contributed by atoms with Crippen LogP contribution in [0.4, 0.5) is 14.5 Å². The molecule has 0 unspecified atom stereocenters. The largest absolute Gasteiger partial charge is 0.371 e. The first-order valence-corrected chi connectivity index (χ1v) is 5.37. The molecule has 0 atom stereocenters. The molecule has 76 valence electrons. The second-order valence-electron chi connectivity index (χ2n) is 3.42. The van der Waals surface area contributed by atoms with Gasteiger partial charge in [-0.1, -0.05) is 0 Å². The lowest BCUT2D eigenvalue weighted by molar-refractivity contribution is 0.504. The Morgan fingerprint density at radius 2 is 1.79 bits per heavy atom. The first-order valence-electron chi connectivity index (χ1n) is 4.58. The summed E-state index contributed by atoms with van der Waals surface area (Å²) in [5.41, 5.74) is 0.758. The molecule has 0 amide bonds. The third-order valence-corrected chi connectivity index (χ3v) is 3.02. The minimum atomic E-state index is -0.812. The molecule has 0 N–H and O–H groups in total. The molecule has 1 aromatic carbocycles. The standard InChI is InChI=1S/C10H10BrF2N/c11-8-5-7(6-9(12)10(8)13)14-3-1-2-4-14/h5-6H,1-4H2. The first kappa shape index (κ1) is 9.90. The van der Waals surface area contributed by atoms with Crippen molar-refractivity contribution in [2.75, 3.05) is 18.0 Å². The smallest absolute Gasteiger partial charge is 0.173 e. The van der Waals surface area contributed by atoms with Gasteiger partial charge in [-0.2, -0.15) is 0 Å². The lowest BCUT2D eigenvalue weighted by Crippen LogP contribution is -2.17. The predicted octanol–water partition coefficient (Wildman–Crippen LogP) is 3.33. The molecular weight excluding hydrogens is 252 g/mol. The van der Waals surface area contributed by atoms with Gasteiger partial charge in [-0.15, -0.1) is 0 Å². The Bertz CT molecular complexity index is 325. The zero-order valence-electron chi connectivity index (χ0n) is 7.56. The second kappa shape index (κ2) is 3.85. The van der Waals surface area contributed by atoms with Crippen LogP contribution < -0.4 is 4.90 Å². The fourth-order valence-electron chi connectivity index (χ4n) is 1.70. The van der Waals surface area contributed by atoms with Gasteiger partial charge in [-0.05, 0) is 34.8 Å². The Labute approximate surface area is 89.8 Å². The summed E-state index contributed by atoms with van der Waals surface area (Å²) >= 11 is 3.00. The van der Waals surface area contributed by atoms with Crippen molar-refractivity contribution >= 4 is 21.6 Å². The molecule has 1 fully saturated rings. The molecule has 0 aliphatic carbocycles. The van der Waals surface area contributed by atoms with E-state index in [1.54, 1.807) is 6.07 Å². The van der Waals surface area contributed by atoms with E-state index in [9.17, 15) is 8.78 Å². The molecule has 0 bridgehead atoms. The number of nitrogens with zero attached hydrogens (tertiary/aromatic N) is 1. The Morgan fingerprint density at radius 1 is 1.14 bits per heavy atom. The van der Waals surface area contributed by atoms with Gasteiger partial charge in [0.2, 0.25) is 0 Å². The summed E-state index contributed by atoms with van der Waals surface area (Å²) in [4.78, 5) is 2.06. The SMILES string of the molecule is Fc1cc(N2CCCC2)cc(Br)c1F. The molecule has 1 aliphatic heterocycles. The minimum Gasteiger partial charge on any atom is -0.371 e. The van der Waals surface area contributed by atoms with Crippen LogP contribution in [0.15, 0.2) is 16.6 Å². The average molecular weight is 262 g/mol. The Kier molecular flexibility index (Phi) is 2.72. The third kappa shape index (κ3) is 1.75. The van der Waals surface area contributed by atoms with Crippen molar-refractivity contribution in [2.24, 2.45) is 0 Å². The van der Waals surface area contributed by atoms with Gasteiger partial charge in [0.25, 0.3) is 0 Å². The maximum absolute atomic E-state index is 13.1. The van der Waals surface area contributed by atoms with Gasteiger partial charge < -0.3 is 4.90 Å². The normalized spacial score (nSPS) is 16.4. The van der Waals surface area contributed by atoms with Gasteiger partial charge in [0, 0.05) is 24.8 Å². The van der Waals surface area contributed by atoms with Crippen molar-refractivity contribution in [1.29, 1.82) is 0 Å². The van der Waals surface area contributed by atoms with Crippen LogP contribution in [0.1, 0.15) is 12.8 Å². The molecule has 1 heterocycles. The van der Waals surface area contributed by atoms with Crippen molar-refractivity contribution in [3.05, 3.63) is 28.2 Å². The van der Waals surface area contributed by atoms with E-state index in [1.165, 1.54) is 6.07 Å². The van der Waals surface area contributed by atoms with E-state index in [0.717, 1.165) is 31.6 Å². The van der Waals surface area contributed by atoms with Crippen molar-refractivity contribution in [1.82, 2.24) is 0 Å². The Morgan fingerprint density at radius 3 is 2.36 bits per heavy atom. The van der Waals surface area contributed by atoms with E-state index in [2.05, 4.69) is 20.8 Å².